The molecule has 1 aromatic rings. The molecular weight excluding hydrogens is 259 g/mol. The largest absolute Gasteiger partial charge is 0.354 e. The van der Waals surface area contributed by atoms with Gasteiger partial charge in [0.1, 0.15) is 5.82 Å². The number of hydrogen-bond donors (Lipinski definition) is 2. The van der Waals surface area contributed by atoms with Crippen molar-refractivity contribution in [1.82, 2.24) is 5.32 Å². The molecule has 2 amide bonds. The van der Waals surface area contributed by atoms with E-state index in [0.717, 1.165) is 12.0 Å². The zero-order valence-electron chi connectivity index (χ0n) is 11.7. The molecule has 0 aliphatic carbocycles. The summed E-state index contributed by atoms with van der Waals surface area (Å²) >= 11 is 0. The lowest BCUT2D eigenvalue weighted by Crippen LogP contribution is -2.34. The summed E-state index contributed by atoms with van der Waals surface area (Å²) in [5.41, 5.74) is 1.30. The Balaban J connectivity index is 2.13. The van der Waals surface area contributed by atoms with Crippen LogP contribution in [-0.4, -0.2) is 17.9 Å². The lowest BCUT2D eigenvalue weighted by molar-refractivity contribution is -0.122. The first-order chi connectivity index (χ1) is 9.49. The highest BCUT2D eigenvalue weighted by atomic mass is 19.1. The van der Waals surface area contributed by atoms with Crippen LogP contribution in [0.25, 0.3) is 0 Å². The van der Waals surface area contributed by atoms with E-state index in [4.69, 9.17) is 0 Å². The minimum atomic E-state index is -0.395. The van der Waals surface area contributed by atoms with Crippen molar-refractivity contribution in [3.05, 3.63) is 29.6 Å². The quantitative estimate of drug-likeness (QED) is 0.889. The number of nitrogens with one attached hydrogen (secondary N) is 2. The van der Waals surface area contributed by atoms with Crippen molar-refractivity contribution in [2.24, 2.45) is 0 Å². The number of fused-ring (bicyclic) bond motifs is 1. The van der Waals surface area contributed by atoms with Crippen molar-refractivity contribution in [2.75, 3.05) is 5.32 Å². The monoisotopic (exact) mass is 278 g/mol. The van der Waals surface area contributed by atoms with Gasteiger partial charge in [-0.1, -0.05) is 13.0 Å². The van der Waals surface area contributed by atoms with Crippen LogP contribution in [0.4, 0.5) is 10.1 Å². The average molecular weight is 278 g/mol. The summed E-state index contributed by atoms with van der Waals surface area (Å²) in [5, 5.41) is 5.53. The highest BCUT2D eigenvalue weighted by Crippen LogP contribution is 2.34. The number of amides is 2. The SMILES string of the molecule is CCC(C)NC(=O)CC1CC(=O)Nc2cc(F)ccc21. The lowest BCUT2D eigenvalue weighted by Gasteiger charge is -2.25. The second kappa shape index (κ2) is 6.03. The van der Waals surface area contributed by atoms with Crippen LogP contribution in [0.5, 0.6) is 0 Å². The summed E-state index contributed by atoms with van der Waals surface area (Å²) in [6.07, 6.45) is 1.36. The third-order valence-corrected chi connectivity index (χ3v) is 3.61. The van der Waals surface area contributed by atoms with Gasteiger partial charge in [0.15, 0.2) is 0 Å². The van der Waals surface area contributed by atoms with Gasteiger partial charge in [-0.3, -0.25) is 9.59 Å². The van der Waals surface area contributed by atoms with Gasteiger partial charge >= 0.3 is 0 Å². The second-order valence-corrected chi connectivity index (χ2v) is 5.26. The maximum Gasteiger partial charge on any atom is 0.225 e. The van der Waals surface area contributed by atoms with Gasteiger partial charge in [-0.25, -0.2) is 4.39 Å². The molecule has 4 nitrogen and oxygen atoms in total. The Labute approximate surface area is 117 Å². The van der Waals surface area contributed by atoms with Gasteiger partial charge in [0.2, 0.25) is 11.8 Å². The molecular formula is C15H19FN2O2. The molecule has 0 bridgehead atoms. The van der Waals surface area contributed by atoms with Crippen LogP contribution in [0.2, 0.25) is 0 Å². The van der Waals surface area contributed by atoms with Gasteiger partial charge in [-0.05, 0) is 31.0 Å². The van der Waals surface area contributed by atoms with E-state index in [2.05, 4.69) is 10.6 Å². The average Bonchev–Trinajstić information content (AvgIpc) is 2.37. The van der Waals surface area contributed by atoms with Crippen molar-refractivity contribution < 1.29 is 14.0 Å². The van der Waals surface area contributed by atoms with E-state index in [9.17, 15) is 14.0 Å². The predicted octanol–water partition coefficient (Wildman–Crippen LogP) is 2.56. The van der Waals surface area contributed by atoms with Crippen LogP contribution >= 0.6 is 0 Å². The molecule has 5 heteroatoms. The van der Waals surface area contributed by atoms with E-state index in [0.29, 0.717) is 5.69 Å². The van der Waals surface area contributed by atoms with Gasteiger partial charge in [-0.15, -0.1) is 0 Å². The summed E-state index contributed by atoms with van der Waals surface area (Å²) < 4.78 is 13.2. The third-order valence-electron chi connectivity index (χ3n) is 3.61. The van der Waals surface area contributed by atoms with E-state index in [1.54, 1.807) is 6.07 Å². The van der Waals surface area contributed by atoms with Gasteiger partial charge < -0.3 is 10.6 Å². The Morgan fingerprint density at radius 1 is 1.55 bits per heavy atom. The minimum absolute atomic E-state index is 0.0747. The normalized spacial score (nSPS) is 18.9. The number of carbonyl (C=O) groups excluding carboxylic acids is 2. The molecule has 0 spiro atoms. The Morgan fingerprint density at radius 3 is 3.00 bits per heavy atom. The van der Waals surface area contributed by atoms with Crippen LogP contribution in [-0.2, 0) is 9.59 Å². The summed E-state index contributed by atoms with van der Waals surface area (Å²) in [4.78, 5) is 23.6. The third kappa shape index (κ3) is 3.35. The Bertz CT molecular complexity index is 531. The fourth-order valence-electron chi connectivity index (χ4n) is 2.37. The minimum Gasteiger partial charge on any atom is -0.354 e. The fraction of sp³-hybridized carbons (Fsp3) is 0.467. The molecule has 1 aliphatic heterocycles. The number of rotatable bonds is 4. The van der Waals surface area contributed by atoms with Crippen molar-refractivity contribution in [3.63, 3.8) is 0 Å². The first kappa shape index (κ1) is 14.5. The van der Waals surface area contributed by atoms with Crippen LogP contribution in [0.15, 0.2) is 18.2 Å². The van der Waals surface area contributed by atoms with Crippen molar-refractivity contribution in [1.29, 1.82) is 0 Å². The molecule has 108 valence electrons. The summed E-state index contributed by atoms with van der Waals surface area (Å²) in [7, 11) is 0. The molecule has 1 heterocycles. The Hall–Kier alpha value is -1.91. The summed E-state index contributed by atoms with van der Waals surface area (Å²) in [5.74, 6) is -0.837. The van der Waals surface area contributed by atoms with Gasteiger partial charge in [-0.2, -0.15) is 0 Å². The van der Waals surface area contributed by atoms with E-state index in [1.165, 1.54) is 12.1 Å². The highest BCUT2D eigenvalue weighted by molar-refractivity contribution is 5.95. The van der Waals surface area contributed by atoms with Crippen molar-refractivity contribution in [3.8, 4) is 0 Å². The fourth-order valence-corrected chi connectivity index (χ4v) is 2.37. The lowest BCUT2D eigenvalue weighted by atomic mass is 9.87. The van der Waals surface area contributed by atoms with Crippen LogP contribution < -0.4 is 10.6 Å². The molecule has 2 atom stereocenters. The number of carbonyl (C=O) groups is 2. The predicted molar refractivity (Wildman–Crippen MR) is 74.9 cm³/mol. The maximum atomic E-state index is 13.2. The van der Waals surface area contributed by atoms with E-state index < -0.39 is 5.82 Å². The maximum absolute atomic E-state index is 13.2. The van der Waals surface area contributed by atoms with Crippen LogP contribution in [0.1, 0.15) is 44.6 Å². The van der Waals surface area contributed by atoms with Crippen molar-refractivity contribution in [2.45, 2.75) is 45.1 Å². The smallest absolute Gasteiger partial charge is 0.225 e. The molecule has 1 aliphatic rings. The van der Waals surface area contributed by atoms with E-state index >= 15 is 0 Å². The van der Waals surface area contributed by atoms with E-state index in [1.807, 2.05) is 13.8 Å². The Morgan fingerprint density at radius 2 is 2.30 bits per heavy atom. The number of hydrogen-bond acceptors (Lipinski definition) is 2. The topological polar surface area (TPSA) is 58.2 Å². The molecule has 0 fully saturated rings. The molecule has 1 aromatic carbocycles. The first-order valence-electron chi connectivity index (χ1n) is 6.88. The number of anilines is 1. The molecule has 0 saturated heterocycles. The molecule has 0 radical (unpaired) electrons. The van der Waals surface area contributed by atoms with Gasteiger partial charge in [0, 0.05) is 30.5 Å². The highest BCUT2D eigenvalue weighted by Gasteiger charge is 2.27. The first-order valence-corrected chi connectivity index (χ1v) is 6.88. The van der Waals surface area contributed by atoms with Crippen LogP contribution in [0, 0.1) is 5.82 Å². The molecule has 2 unspecified atom stereocenters. The summed E-state index contributed by atoms with van der Waals surface area (Å²) in [6.45, 7) is 3.94. The van der Waals surface area contributed by atoms with E-state index in [-0.39, 0.29) is 36.6 Å². The summed E-state index contributed by atoms with van der Waals surface area (Å²) in [6, 6.07) is 4.42. The molecule has 2 N–H and O–H groups in total. The number of halogens is 1. The van der Waals surface area contributed by atoms with Gasteiger partial charge in [0.05, 0.1) is 0 Å². The van der Waals surface area contributed by atoms with Crippen molar-refractivity contribution >= 4 is 17.5 Å². The van der Waals surface area contributed by atoms with Gasteiger partial charge in [0.25, 0.3) is 0 Å². The van der Waals surface area contributed by atoms with Crippen LogP contribution in [0.3, 0.4) is 0 Å². The molecule has 20 heavy (non-hydrogen) atoms. The number of benzene rings is 1. The second-order valence-electron chi connectivity index (χ2n) is 5.26. The molecule has 0 aromatic heterocycles. The standard InChI is InChI=1S/C15H19FN2O2/c1-3-9(2)17-14(19)6-10-7-15(20)18-13-8-11(16)4-5-12(10)13/h4-5,8-10H,3,6-7H2,1-2H3,(H,17,19)(H,18,20). The zero-order chi connectivity index (χ0) is 14.7. The Kier molecular flexibility index (Phi) is 4.37. The molecule has 2 rings (SSSR count). The zero-order valence-corrected chi connectivity index (χ0v) is 11.7. The molecule has 0 saturated carbocycles.